The van der Waals surface area contributed by atoms with Crippen LogP contribution in [0.5, 0.6) is 0 Å². The van der Waals surface area contributed by atoms with E-state index >= 15 is 0 Å². The summed E-state index contributed by atoms with van der Waals surface area (Å²) in [6.07, 6.45) is -1.49. The quantitative estimate of drug-likeness (QED) is 0.420. The average Bonchev–Trinajstić information content (AvgIpc) is 3.07. The van der Waals surface area contributed by atoms with Gasteiger partial charge in [0.15, 0.2) is 5.82 Å². The highest BCUT2D eigenvalue weighted by Gasteiger charge is 2.30. The molecule has 0 unspecified atom stereocenters. The molecule has 0 bridgehead atoms. The summed E-state index contributed by atoms with van der Waals surface area (Å²) < 4.78 is 0. The van der Waals surface area contributed by atoms with Crippen molar-refractivity contribution in [2.45, 2.75) is 39.7 Å². The van der Waals surface area contributed by atoms with Crippen molar-refractivity contribution in [3.63, 3.8) is 0 Å². The van der Waals surface area contributed by atoms with E-state index in [1.807, 2.05) is 20.8 Å². The minimum absolute atomic E-state index is 0.0340. The average molecular weight is 418 g/mol. The first-order valence-electron chi connectivity index (χ1n) is 9.31. The van der Waals surface area contributed by atoms with Crippen LogP contribution in [0.15, 0.2) is 24.3 Å². The van der Waals surface area contributed by atoms with Gasteiger partial charge in [-0.25, -0.2) is 14.8 Å². The SMILES string of the molecule is CC(C)(C)C[C@H](NC(=O)c1nc2ccccc2[nH]1)C(=O)NN(CCC(N)=O)C(=O)O. The van der Waals surface area contributed by atoms with Gasteiger partial charge in [0.25, 0.3) is 11.8 Å². The summed E-state index contributed by atoms with van der Waals surface area (Å²) in [6, 6.07) is 6.05. The molecule has 11 heteroatoms. The number of hydrazine groups is 1. The summed E-state index contributed by atoms with van der Waals surface area (Å²) in [6.45, 7) is 5.32. The van der Waals surface area contributed by atoms with Gasteiger partial charge in [0, 0.05) is 6.42 Å². The maximum absolute atomic E-state index is 12.7. The second-order valence-corrected chi connectivity index (χ2v) is 8.02. The van der Waals surface area contributed by atoms with E-state index in [0.29, 0.717) is 16.0 Å². The van der Waals surface area contributed by atoms with Crippen LogP contribution in [0.25, 0.3) is 11.0 Å². The zero-order valence-electron chi connectivity index (χ0n) is 17.1. The molecular formula is C19H26N6O5. The maximum Gasteiger partial charge on any atom is 0.426 e. The molecule has 1 aromatic heterocycles. The van der Waals surface area contributed by atoms with Gasteiger partial charge in [-0.05, 0) is 24.0 Å². The molecule has 6 N–H and O–H groups in total. The number of fused-ring (bicyclic) bond motifs is 1. The molecule has 0 aliphatic carbocycles. The highest BCUT2D eigenvalue weighted by molar-refractivity contribution is 5.97. The normalized spacial score (nSPS) is 12.2. The number of amides is 4. The number of nitrogens with two attached hydrogens (primary N) is 1. The third-order valence-electron chi connectivity index (χ3n) is 4.10. The Bertz CT molecular complexity index is 915. The Morgan fingerprint density at radius 2 is 1.90 bits per heavy atom. The number of primary amides is 1. The highest BCUT2D eigenvalue weighted by atomic mass is 16.4. The van der Waals surface area contributed by atoms with Crippen molar-refractivity contribution in [3.05, 3.63) is 30.1 Å². The van der Waals surface area contributed by atoms with E-state index in [0.717, 1.165) is 0 Å². The minimum atomic E-state index is -1.46. The van der Waals surface area contributed by atoms with Gasteiger partial charge < -0.3 is 21.1 Å². The Morgan fingerprint density at radius 1 is 1.23 bits per heavy atom. The summed E-state index contributed by atoms with van der Waals surface area (Å²) in [5, 5.41) is 12.4. The molecule has 0 aliphatic rings. The number of benzene rings is 1. The first-order chi connectivity index (χ1) is 14.0. The summed E-state index contributed by atoms with van der Waals surface area (Å²) in [7, 11) is 0. The Kier molecular flexibility index (Phi) is 6.98. The first kappa shape index (κ1) is 22.7. The molecule has 11 nitrogen and oxygen atoms in total. The van der Waals surface area contributed by atoms with Crippen LogP contribution in [0.1, 0.15) is 44.2 Å². The summed E-state index contributed by atoms with van der Waals surface area (Å²) >= 11 is 0. The molecule has 0 fully saturated rings. The van der Waals surface area contributed by atoms with Gasteiger partial charge >= 0.3 is 6.09 Å². The molecule has 0 radical (unpaired) electrons. The van der Waals surface area contributed by atoms with Gasteiger partial charge in [0.1, 0.15) is 6.04 Å². The van der Waals surface area contributed by atoms with E-state index in [-0.39, 0.29) is 30.6 Å². The van der Waals surface area contributed by atoms with Crippen molar-refractivity contribution in [1.29, 1.82) is 0 Å². The topological polar surface area (TPSA) is 171 Å². The number of nitrogens with one attached hydrogen (secondary N) is 3. The van der Waals surface area contributed by atoms with Crippen LogP contribution in [0, 0.1) is 5.41 Å². The molecule has 2 rings (SSSR count). The van der Waals surface area contributed by atoms with Crippen molar-refractivity contribution in [2.24, 2.45) is 11.1 Å². The highest BCUT2D eigenvalue weighted by Crippen LogP contribution is 2.21. The molecule has 162 valence electrons. The van der Waals surface area contributed by atoms with E-state index in [9.17, 15) is 24.3 Å². The fourth-order valence-corrected chi connectivity index (χ4v) is 2.74. The Balaban J connectivity index is 2.17. The summed E-state index contributed by atoms with van der Waals surface area (Å²) in [5.41, 5.74) is 8.17. The van der Waals surface area contributed by atoms with E-state index in [2.05, 4.69) is 20.7 Å². The number of imidazole rings is 1. The van der Waals surface area contributed by atoms with E-state index in [1.54, 1.807) is 24.3 Å². The Hall–Kier alpha value is -3.63. The van der Waals surface area contributed by atoms with Crippen LogP contribution in [0.4, 0.5) is 4.79 Å². The monoisotopic (exact) mass is 418 g/mol. The fourth-order valence-electron chi connectivity index (χ4n) is 2.74. The van der Waals surface area contributed by atoms with Gasteiger partial charge in [-0.1, -0.05) is 32.9 Å². The lowest BCUT2D eigenvalue weighted by atomic mass is 9.88. The van der Waals surface area contributed by atoms with Gasteiger partial charge in [-0.2, -0.15) is 0 Å². The molecular weight excluding hydrogens is 392 g/mol. The van der Waals surface area contributed by atoms with Crippen molar-refractivity contribution >= 4 is 34.8 Å². The molecule has 0 saturated carbocycles. The molecule has 1 heterocycles. The number of aromatic nitrogens is 2. The largest absolute Gasteiger partial charge is 0.464 e. The zero-order chi connectivity index (χ0) is 22.5. The number of H-pyrrole nitrogens is 1. The number of nitrogens with zero attached hydrogens (tertiary/aromatic N) is 2. The molecule has 30 heavy (non-hydrogen) atoms. The van der Waals surface area contributed by atoms with Gasteiger partial charge in [0.2, 0.25) is 5.91 Å². The molecule has 1 atom stereocenters. The lowest BCUT2D eigenvalue weighted by Crippen LogP contribution is -2.55. The second-order valence-electron chi connectivity index (χ2n) is 8.02. The molecule has 2 aromatic rings. The van der Waals surface area contributed by atoms with E-state index in [4.69, 9.17) is 5.73 Å². The Morgan fingerprint density at radius 3 is 2.47 bits per heavy atom. The number of hydrogen-bond acceptors (Lipinski definition) is 5. The predicted molar refractivity (Wildman–Crippen MR) is 108 cm³/mol. The van der Waals surface area contributed by atoms with Gasteiger partial charge in [0.05, 0.1) is 17.6 Å². The summed E-state index contributed by atoms with van der Waals surface area (Å²) in [4.78, 5) is 54.8. The van der Waals surface area contributed by atoms with Gasteiger partial charge in [-0.3, -0.25) is 19.8 Å². The number of rotatable bonds is 7. The summed E-state index contributed by atoms with van der Waals surface area (Å²) in [5.74, 6) is -2.01. The predicted octanol–water partition coefficient (Wildman–Crippen LogP) is 0.984. The van der Waals surface area contributed by atoms with Crippen LogP contribution < -0.4 is 16.5 Å². The van der Waals surface area contributed by atoms with Crippen molar-refractivity contribution in [3.8, 4) is 0 Å². The number of aromatic amines is 1. The third kappa shape index (κ3) is 6.47. The molecule has 0 saturated heterocycles. The van der Waals surface area contributed by atoms with Crippen LogP contribution in [-0.2, 0) is 9.59 Å². The molecule has 0 spiro atoms. The van der Waals surface area contributed by atoms with E-state index in [1.165, 1.54) is 0 Å². The Labute approximate surface area is 173 Å². The standard InChI is InChI=1S/C19H26N6O5/c1-19(2,3)10-13(16(27)24-25(18(29)30)9-8-14(20)26)23-17(28)15-21-11-6-4-5-7-12(11)22-15/h4-7,13H,8-10H2,1-3H3,(H2,20,26)(H,21,22)(H,23,28)(H,24,27)(H,29,30)/t13-/m0/s1. The molecule has 1 aromatic carbocycles. The van der Waals surface area contributed by atoms with Crippen molar-refractivity contribution in [1.82, 2.24) is 25.7 Å². The van der Waals surface area contributed by atoms with Gasteiger partial charge in [-0.15, -0.1) is 0 Å². The lowest BCUT2D eigenvalue weighted by molar-refractivity contribution is -0.128. The number of carbonyl (C=O) groups is 4. The van der Waals surface area contributed by atoms with Crippen molar-refractivity contribution in [2.75, 3.05) is 6.54 Å². The number of carboxylic acid groups (broad SMARTS) is 1. The van der Waals surface area contributed by atoms with E-state index < -0.39 is 29.9 Å². The van der Waals surface area contributed by atoms with Crippen LogP contribution in [0.3, 0.4) is 0 Å². The minimum Gasteiger partial charge on any atom is -0.464 e. The molecule has 4 amide bonds. The van der Waals surface area contributed by atoms with Crippen LogP contribution in [-0.4, -0.2) is 56.5 Å². The smallest absolute Gasteiger partial charge is 0.426 e. The number of para-hydroxylation sites is 2. The second kappa shape index (κ2) is 9.25. The number of carbonyl (C=O) groups excluding carboxylic acids is 3. The lowest BCUT2D eigenvalue weighted by Gasteiger charge is -2.28. The fraction of sp³-hybridized carbons (Fsp3) is 0.421. The third-order valence-corrected chi connectivity index (χ3v) is 4.10. The van der Waals surface area contributed by atoms with Crippen LogP contribution >= 0.6 is 0 Å². The van der Waals surface area contributed by atoms with Crippen LogP contribution in [0.2, 0.25) is 0 Å². The maximum atomic E-state index is 12.7. The molecule has 0 aliphatic heterocycles. The van der Waals surface area contributed by atoms with Crippen molar-refractivity contribution < 1.29 is 24.3 Å². The zero-order valence-corrected chi connectivity index (χ0v) is 17.1. The first-order valence-corrected chi connectivity index (χ1v) is 9.31. The number of hydrogen-bond donors (Lipinski definition) is 5.